The Bertz CT molecular complexity index is 353. The van der Waals surface area contributed by atoms with Crippen molar-refractivity contribution in [3.05, 3.63) is 30.3 Å². The van der Waals surface area contributed by atoms with E-state index >= 15 is 0 Å². The Balaban J connectivity index is 2.95. The van der Waals surface area contributed by atoms with Gasteiger partial charge in [-0.15, -0.1) is 0 Å². The molecule has 2 rings (SSSR count). The van der Waals surface area contributed by atoms with E-state index in [2.05, 4.69) is 16.0 Å². The van der Waals surface area contributed by atoms with E-state index in [0.29, 0.717) is 11.0 Å². The SMILES string of the molecule is Fc1[c]ccc2[nH]cnc12. The van der Waals surface area contributed by atoms with Crippen molar-refractivity contribution < 1.29 is 4.39 Å². The maximum absolute atomic E-state index is 12.7. The van der Waals surface area contributed by atoms with Gasteiger partial charge < -0.3 is 4.98 Å². The van der Waals surface area contributed by atoms with E-state index in [1.165, 1.54) is 12.4 Å². The van der Waals surface area contributed by atoms with Crippen molar-refractivity contribution in [1.29, 1.82) is 0 Å². The van der Waals surface area contributed by atoms with Gasteiger partial charge in [0.15, 0.2) is 5.82 Å². The lowest BCUT2D eigenvalue weighted by atomic mass is 10.3. The molecule has 0 saturated carbocycles. The van der Waals surface area contributed by atoms with Gasteiger partial charge in [0.2, 0.25) is 0 Å². The van der Waals surface area contributed by atoms with Crippen molar-refractivity contribution in [1.82, 2.24) is 9.97 Å². The molecule has 1 N–H and O–H groups in total. The van der Waals surface area contributed by atoms with Crippen LogP contribution in [-0.4, -0.2) is 9.97 Å². The maximum Gasteiger partial charge on any atom is 0.158 e. The molecule has 0 unspecified atom stereocenters. The number of fused-ring (bicyclic) bond motifs is 1. The molecule has 0 aliphatic rings. The standard InChI is InChI=1S/C7H4FN2/c8-5-2-1-3-6-7(5)10-4-9-6/h1,3-4H,(H,9,10). The van der Waals surface area contributed by atoms with Crippen LogP contribution in [-0.2, 0) is 0 Å². The highest BCUT2D eigenvalue weighted by Crippen LogP contribution is 2.10. The van der Waals surface area contributed by atoms with Gasteiger partial charge in [0.1, 0.15) is 5.52 Å². The fraction of sp³-hybridized carbons (Fsp3) is 0. The molecule has 49 valence electrons. The number of benzene rings is 1. The van der Waals surface area contributed by atoms with E-state index in [1.807, 2.05) is 0 Å². The van der Waals surface area contributed by atoms with Gasteiger partial charge in [-0.05, 0) is 12.1 Å². The third-order valence-electron chi connectivity index (χ3n) is 1.34. The highest BCUT2D eigenvalue weighted by atomic mass is 19.1. The lowest BCUT2D eigenvalue weighted by molar-refractivity contribution is 0.635. The average molecular weight is 135 g/mol. The molecule has 1 radical (unpaired) electrons. The molecule has 0 saturated heterocycles. The number of aromatic amines is 1. The van der Waals surface area contributed by atoms with Gasteiger partial charge in [-0.1, -0.05) is 0 Å². The molecule has 0 amide bonds. The van der Waals surface area contributed by atoms with Crippen molar-refractivity contribution in [3.8, 4) is 0 Å². The first-order chi connectivity index (χ1) is 4.88. The van der Waals surface area contributed by atoms with Crippen molar-refractivity contribution in [2.24, 2.45) is 0 Å². The van der Waals surface area contributed by atoms with Crippen molar-refractivity contribution in [3.63, 3.8) is 0 Å². The summed E-state index contributed by atoms with van der Waals surface area (Å²) in [7, 11) is 0. The van der Waals surface area contributed by atoms with Crippen LogP contribution in [0.2, 0.25) is 0 Å². The Labute approximate surface area is 56.7 Å². The summed E-state index contributed by atoms with van der Waals surface area (Å²) in [5.41, 5.74) is 1.05. The zero-order valence-corrected chi connectivity index (χ0v) is 5.06. The van der Waals surface area contributed by atoms with Crippen LogP contribution in [0.4, 0.5) is 4.39 Å². The predicted octanol–water partition coefficient (Wildman–Crippen LogP) is 1.50. The van der Waals surface area contributed by atoms with Crippen LogP contribution in [0.5, 0.6) is 0 Å². The molecule has 0 fully saturated rings. The molecule has 0 bridgehead atoms. The van der Waals surface area contributed by atoms with E-state index in [-0.39, 0.29) is 0 Å². The Morgan fingerprint density at radius 3 is 3.30 bits per heavy atom. The normalized spacial score (nSPS) is 10.5. The average Bonchev–Trinajstić information content (AvgIpc) is 2.36. The fourth-order valence-electron chi connectivity index (χ4n) is 0.873. The van der Waals surface area contributed by atoms with Gasteiger partial charge in [0.25, 0.3) is 0 Å². The molecule has 0 spiro atoms. The third kappa shape index (κ3) is 0.603. The van der Waals surface area contributed by atoms with Crippen LogP contribution < -0.4 is 0 Å². The number of nitrogens with zero attached hydrogens (tertiary/aromatic N) is 1. The Morgan fingerprint density at radius 2 is 2.50 bits per heavy atom. The maximum atomic E-state index is 12.7. The summed E-state index contributed by atoms with van der Waals surface area (Å²) in [6, 6.07) is 5.66. The molecule has 2 aromatic rings. The zero-order chi connectivity index (χ0) is 6.97. The fourth-order valence-corrected chi connectivity index (χ4v) is 0.873. The molecular weight excluding hydrogens is 131 g/mol. The first kappa shape index (κ1) is 5.41. The number of aromatic nitrogens is 2. The highest BCUT2D eigenvalue weighted by molar-refractivity contribution is 5.74. The first-order valence-electron chi connectivity index (χ1n) is 2.87. The molecule has 2 nitrogen and oxygen atoms in total. The second-order valence-corrected chi connectivity index (χ2v) is 1.96. The van der Waals surface area contributed by atoms with E-state index in [9.17, 15) is 4.39 Å². The number of nitrogens with one attached hydrogen (secondary N) is 1. The zero-order valence-electron chi connectivity index (χ0n) is 5.06. The quantitative estimate of drug-likeness (QED) is 0.582. The number of hydrogen-bond acceptors (Lipinski definition) is 1. The Morgan fingerprint density at radius 1 is 1.60 bits per heavy atom. The Hall–Kier alpha value is -1.38. The summed E-state index contributed by atoms with van der Waals surface area (Å²) in [5.74, 6) is -0.404. The first-order valence-corrected chi connectivity index (χ1v) is 2.87. The van der Waals surface area contributed by atoms with Gasteiger partial charge in [0, 0.05) is 6.07 Å². The smallest absolute Gasteiger partial charge is 0.158 e. The van der Waals surface area contributed by atoms with Gasteiger partial charge in [-0.25, -0.2) is 9.37 Å². The minimum atomic E-state index is -0.404. The molecule has 0 aliphatic heterocycles. The second kappa shape index (κ2) is 1.80. The lowest BCUT2D eigenvalue weighted by Gasteiger charge is -1.86. The largest absolute Gasteiger partial charge is 0.345 e. The molecular formula is C7H4FN2. The lowest BCUT2D eigenvalue weighted by Crippen LogP contribution is -1.75. The van der Waals surface area contributed by atoms with Crippen molar-refractivity contribution in [2.45, 2.75) is 0 Å². The minimum Gasteiger partial charge on any atom is -0.345 e. The van der Waals surface area contributed by atoms with Crippen LogP contribution in [0.15, 0.2) is 18.5 Å². The highest BCUT2D eigenvalue weighted by Gasteiger charge is 1.99. The molecule has 0 aliphatic carbocycles. The summed E-state index contributed by atoms with van der Waals surface area (Å²) in [6.45, 7) is 0. The summed E-state index contributed by atoms with van der Waals surface area (Å²) < 4.78 is 12.7. The molecule has 1 aromatic heterocycles. The molecule has 0 atom stereocenters. The van der Waals surface area contributed by atoms with Gasteiger partial charge in [0.05, 0.1) is 11.8 Å². The summed E-state index contributed by atoms with van der Waals surface area (Å²) in [6.07, 6.45) is 1.46. The Kier molecular flexibility index (Phi) is 0.974. The van der Waals surface area contributed by atoms with Gasteiger partial charge in [-0.2, -0.15) is 0 Å². The number of rotatable bonds is 0. The van der Waals surface area contributed by atoms with Crippen LogP contribution in [0.25, 0.3) is 11.0 Å². The number of imidazole rings is 1. The van der Waals surface area contributed by atoms with Crippen molar-refractivity contribution >= 4 is 11.0 Å². The topological polar surface area (TPSA) is 28.7 Å². The van der Waals surface area contributed by atoms with Gasteiger partial charge in [-0.3, -0.25) is 0 Å². The number of halogens is 1. The minimum absolute atomic E-state index is 0.350. The predicted molar refractivity (Wildman–Crippen MR) is 34.9 cm³/mol. The van der Waals surface area contributed by atoms with Gasteiger partial charge >= 0.3 is 0 Å². The van der Waals surface area contributed by atoms with Crippen LogP contribution in [0.1, 0.15) is 0 Å². The summed E-state index contributed by atoms with van der Waals surface area (Å²) >= 11 is 0. The van der Waals surface area contributed by atoms with Crippen molar-refractivity contribution in [2.75, 3.05) is 0 Å². The molecule has 1 aromatic carbocycles. The number of H-pyrrole nitrogens is 1. The summed E-state index contributed by atoms with van der Waals surface area (Å²) in [5, 5.41) is 0. The van der Waals surface area contributed by atoms with Crippen LogP contribution >= 0.6 is 0 Å². The van der Waals surface area contributed by atoms with Crippen LogP contribution in [0, 0.1) is 11.9 Å². The van der Waals surface area contributed by atoms with E-state index in [0.717, 1.165) is 0 Å². The monoisotopic (exact) mass is 135 g/mol. The van der Waals surface area contributed by atoms with E-state index in [4.69, 9.17) is 0 Å². The summed E-state index contributed by atoms with van der Waals surface area (Å²) in [4.78, 5) is 6.55. The molecule has 10 heavy (non-hydrogen) atoms. The third-order valence-corrected chi connectivity index (χ3v) is 1.34. The van der Waals surface area contributed by atoms with E-state index in [1.54, 1.807) is 6.07 Å². The molecule has 3 heteroatoms. The number of hydrogen-bond donors (Lipinski definition) is 1. The second-order valence-electron chi connectivity index (χ2n) is 1.96. The van der Waals surface area contributed by atoms with E-state index < -0.39 is 5.82 Å². The molecule has 1 heterocycles. The van der Waals surface area contributed by atoms with Crippen LogP contribution in [0.3, 0.4) is 0 Å².